The highest BCUT2D eigenvalue weighted by Gasteiger charge is 2.41. The van der Waals surface area contributed by atoms with Gasteiger partial charge in [0.1, 0.15) is 11.3 Å². The third-order valence-electron chi connectivity index (χ3n) is 3.60. The fraction of sp³-hybridized carbons (Fsp3) is 0. The van der Waals surface area contributed by atoms with E-state index in [0.717, 1.165) is 21.8 Å². The number of hydrogen-bond donors (Lipinski definition) is 1. The van der Waals surface area contributed by atoms with Crippen LogP contribution in [0.3, 0.4) is 0 Å². The minimum Gasteiger partial charge on any atom is -0.531 e. The van der Waals surface area contributed by atoms with Crippen LogP contribution in [0.1, 0.15) is 0 Å². The molecule has 0 radical (unpaired) electrons. The number of fused-ring (bicyclic) bond motifs is 2. The standard InChI is InChI=1S/C15H11B2NO3/c19-16-12-7-1-2-8-13(12)17(21-16)20-14-9-3-5-11-6-4-10-18-15(11)14/h1-10,19H. The predicted octanol–water partition coefficient (Wildman–Crippen LogP) is 0.727. The molecule has 0 saturated carbocycles. The number of aromatic nitrogens is 1. The number of rotatable bonds is 2. The molecule has 0 unspecified atom stereocenters. The van der Waals surface area contributed by atoms with Crippen LogP contribution in [-0.2, 0) is 4.57 Å². The molecule has 4 rings (SSSR count). The van der Waals surface area contributed by atoms with E-state index >= 15 is 0 Å². The number of hydrogen-bond acceptors (Lipinski definition) is 4. The predicted molar refractivity (Wildman–Crippen MR) is 82.9 cm³/mol. The van der Waals surface area contributed by atoms with Crippen molar-refractivity contribution < 1.29 is 14.3 Å². The van der Waals surface area contributed by atoms with Gasteiger partial charge >= 0.3 is 14.2 Å². The molecule has 0 aliphatic carbocycles. The Labute approximate surface area is 122 Å². The van der Waals surface area contributed by atoms with Crippen molar-refractivity contribution in [2.45, 2.75) is 0 Å². The topological polar surface area (TPSA) is 51.6 Å². The van der Waals surface area contributed by atoms with E-state index in [4.69, 9.17) is 9.23 Å². The van der Waals surface area contributed by atoms with Crippen LogP contribution in [-0.4, -0.2) is 24.2 Å². The maximum Gasteiger partial charge on any atom is 0.549 e. The molecule has 0 fully saturated rings. The largest absolute Gasteiger partial charge is 0.549 e. The van der Waals surface area contributed by atoms with Crippen LogP contribution in [0.4, 0.5) is 0 Å². The summed E-state index contributed by atoms with van der Waals surface area (Å²) in [6, 6.07) is 17.1. The highest BCUT2D eigenvalue weighted by Crippen LogP contribution is 2.24. The van der Waals surface area contributed by atoms with Crippen molar-refractivity contribution in [1.29, 1.82) is 0 Å². The first-order valence-corrected chi connectivity index (χ1v) is 6.76. The number of benzene rings is 2. The zero-order chi connectivity index (χ0) is 14.2. The third-order valence-corrected chi connectivity index (χ3v) is 3.60. The van der Waals surface area contributed by atoms with E-state index in [1.165, 1.54) is 0 Å². The molecule has 1 N–H and O–H groups in total. The van der Waals surface area contributed by atoms with E-state index in [9.17, 15) is 5.02 Å². The molecular weight excluding hydrogens is 264 g/mol. The van der Waals surface area contributed by atoms with Crippen LogP contribution in [0.25, 0.3) is 10.9 Å². The molecule has 0 saturated heterocycles. The molecule has 0 bridgehead atoms. The van der Waals surface area contributed by atoms with Gasteiger partial charge in [-0.05, 0) is 23.1 Å². The van der Waals surface area contributed by atoms with Crippen LogP contribution in [0.15, 0.2) is 60.8 Å². The highest BCUT2D eigenvalue weighted by molar-refractivity contribution is 6.85. The lowest BCUT2D eigenvalue weighted by Gasteiger charge is -2.12. The van der Waals surface area contributed by atoms with Crippen molar-refractivity contribution in [3.05, 3.63) is 60.8 Å². The highest BCUT2D eigenvalue weighted by atomic mass is 16.6. The Balaban J connectivity index is 1.73. The lowest BCUT2D eigenvalue weighted by molar-refractivity contribution is 0.392. The van der Waals surface area contributed by atoms with E-state index in [0.29, 0.717) is 5.75 Å². The summed E-state index contributed by atoms with van der Waals surface area (Å²) in [7, 11) is -1.57. The van der Waals surface area contributed by atoms with Crippen molar-refractivity contribution in [2.75, 3.05) is 0 Å². The second-order valence-corrected chi connectivity index (χ2v) is 4.90. The Hall–Kier alpha value is -2.30. The second-order valence-electron chi connectivity index (χ2n) is 4.90. The molecule has 6 heteroatoms. The fourth-order valence-electron chi connectivity index (χ4n) is 2.59. The minimum atomic E-state index is -0.950. The van der Waals surface area contributed by atoms with Gasteiger partial charge < -0.3 is 14.3 Å². The summed E-state index contributed by atoms with van der Waals surface area (Å²) in [5.41, 5.74) is 2.37. The monoisotopic (exact) mass is 275 g/mol. The Morgan fingerprint density at radius 1 is 0.952 bits per heavy atom. The molecule has 1 aliphatic heterocycles. The van der Waals surface area contributed by atoms with E-state index in [1.54, 1.807) is 6.20 Å². The summed E-state index contributed by atoms with van der Waals surface area (Å²) in [5, 5.41) is 10.9. The molecule has 21 heavy (non-hydrogen) atoms. The Morgan fingerprint density at radius 2 is 1.76 bits per heavy atom. The lowest BCUT2D eigenvalue weighted by Crippen LogP contribution is -2.39. The van der Waals surface area contributed by atoms with Crippen LogP contribution in [0.5, 0.6) is 5.75 Å². The van der Waals surface area contributed by atoms with Gasteiger partial charge in [0.05, 0.1) is 0 Å². The average Bonchev–Trinajstić information content (AvgIpc) is 2.85. The minimum absolute atomic E-state index is 0.621. The van der Waals surface area contributed by atoms with E-state index in [1.807, 2.05) is 54.6 Å². The summed E-state index contributed by atoms with van der Waals surface area (Å²) in [6.07, 6.45) is 1.73. The molecule has 3 aromatic rings. The SMILES string of the molecule is OB1OB(Oc2cccc3cccnc23)c2ccccc21. The zero-order valence-corrected chi connectivity index (χ0v) is 11.1. The van der Waals surface area contributed by atoms with Gasteiger partial charge in [-0.15, -0.1) is 0 Å². The summed E-state index contributed by atoms with van der Waals surface area (Å²) in [6.45, 7) is 0. The zero-order valence-electron chi connectivity index (χ0n) is 11.1. The van der Waals surface area contributed by atoms with Crippen molar-refractivity contribution >= 4 is 36.1 Å². The normalized spacial score (nSPS) is 13.6. The van der Waals surface area contributed by atoms with Crippen molar-refractivity contribution in [3.63, 3.8) is 0 Å². The van der Waals surface area contributed by atoms with E-state index < -0.39 is 14.2 Å². The van der Waals surface area contributed by atoms with Crippen molar-refractivity contribution in [1.82, 2.24) is 4.98 Å². The van der Waals surface area contributed by atoms with Crippen LogP contribution in [0.2, 0.25) is 0 Å². The van der Waals surface area contributed by atoms with Gasteiger partial charge in [0.2, 0.25) is 0 Å². The van der Waals surface area contributed by atoms with Crippen molar-refractivity contribution in [3.8, 4) is 5.75 Å². The maximum absolute atomic E-state index is 9.93. The molecule has 1 aliphatic rings. The fourth-order valence-corrected chi connectivity index (χ4v) is 2.59. The van der Waals surface area contributed by atoms with Gasteiger partial charge in [0, 0.05) is 11.6 Å². The van der Waals surface area contributed by atoms with Gasteiger partial charge in [-0.1, -0.05) is 42.5 Å². The van der Waals surface area contributed by atoms with Gasteiger partial charge in [-0.25, -0.2) is 0 Å². The molecule has 0 amide bonds. The quantitative estimate of drug-likeness (QED) is 0.700. The Bertz CT molecular complexity index is 806. The smallest absolute Gasteiger partial charge is 0.531 e. The number of pyridine rings is 1. The molecule has 4 nitrogen and oxygen atoms in total. The van der Waals surface area contributed by atoms with Gasteiger partial charge in [-0.2, -0.15) is 0 Å². The first-order valence-electron chi connectivity index (χ1n) is 6.76. The summed E-state index contributed by atoms with van der Waals surface area (Å²) in [5.74, 6) is 0.641. The molecular formula is C15H11B2NO3. The molecule has 0 atom stereocenters. The van der Waals surface area contributed by atoms with Crippen LogP contribution in [0, 0.1) is 0 Å². The lowest BCUT2D eigenvalue weighted by atomic mass is 9.73. The summed E-state index contributed by atoms with van der Waals surface area (Å²) in [4.78, 5) is 4.36. The van der Waals surface area contributed by atoms with Gasteiger partial charge in [-0.3, -0.25) is 4.98 Å². The Kier molecular flexibility index (Phi) is 2.91. The summed E-state index contributed by atoms with van der Waals surface area (Å²) < 4.78 is 11.4. The molecule has 0 spiro atoms. The molecule has 100 valence electrons. The van der Waals surface area contributed by atoms with Gasteiger partial charge in [0.15, 0.2) is 0 Å². The van der Waals surface area contributed by atoms with Crippen LogP contribution >= 0.6 is 0 Å². The first kappa shape index (κ1) is 12.4. The maximum atomic E-state index is 9.93. The van der Waals surface area contributed by atoms with Crippen LogP contribution < -0.4 is 15.6 Å². The average molecular weight is 275 g/mol. The third kappa shape index (κ3) is 2.09. The van der Waals surface area contributed by atoms with E-state index in [2.05, 4.69) is 4.98 Å². The van der Waals surface area contributed by atoms with Gasteiger partial charge in [0.25, 0.3) is 0 Å². The van der Waals surface area contributed by atoms with Crippen molar-refractivity contribution in [2.24, 2.45) is 0 Å². The Morgan fingerprint density at radius 3 is 2.67 bits per heavy atom. The molecule has 1 aromatic heterocycles. The first-order chi connectivity index (χ1) is 10.3. The summed E-state index contributed by atoms with van der Waals surface area (Å²) >= 11 is 0. The second kappa shape index (κ2) is 4.91. The number of nitrogens with zero attached hydrogens (tertiary/aromatic N) is 1. The number of para-hydroxylation sites is 1. The molecule has 2 aromatic carbocycles. The molecule has 2 heterocycles. The van der Waals surface area contributed by atoms with E-state index in [-0.39, 0.29) is 0 Å².